The van der Waals surface area contributed by atoms with Crippen LogP contribution in [0.4, 0.5) is 5.69 Å². The maximum absolute atomic E-state index is 11.9. The van der Waals surface area contributed by atoms with Gasteiger partial charge in [0.05, 0.1) is 16.6 Å². The first-order chi connectivity index (χ1) is 12.0. The lowest BCUT2D eigenvalue weighted by Gasteiger charge is -2.30. The third-order valence-corrected chi connectivity index (χ3v) is 4.57. The van der Waals surface area contributed by atoms with E-state index in [1.54, 1.807) is 18.2 Å². The summed E-state index contributed by atoms with van der Waals surface area (Å²) >= 11 is 6.29. The number of aromatic nitrogens is 2. The zero-order chi connectivity index (χ0) is 18.0. The molecule has 0 radical (unpaired) electrons. The molecular formula is C17H22ClN5O2. The van der Waals surface area contributed by atoms with Crippen molar-refractivity contribution in [2.24, 2.45) is 5.92 Å². The second-order valence-electron chi connectivity index (χ2n) is 6.50. The minimum absolute atomic E-state index is 0.0607. The van der Waals surface area contributed by atoms with Gasteiger partial charge in [-0.15, -0.1) is 0 Å². The van der Waals surface area contributed by atoms with Crippen LogP contribution in [0.2, 0.25) is 5.02 Å². The third-order valence-electron chi connectivity index (χ3n) is 4.24. The first-order valence-corrected chi connectivity index (χ1v) is 8.69. The Kier molecular flexibility index (Phi) is 5.36. The number of nitrogens with zero attached hydrogens (tertiary/aromatic N) is 3. The fraction of sp³-hybridized carbons (Fsp3) is 0.471. The smallest absolute Gasteiger partial charge is 0.259 e. The quantitative estimate of drug-likeness (QED) is 0.868. The zero-order valence-electron chi connectivity index (χ0n) is 14.5. The Morgan fingerprint density at radius 1 is 1.48 bits per heavy atom. The first kappa shape index (κ1) is 17.8. The van der Waals surface area contributed by atoms with Crippen LogP contribution in [0.3, 0.4) is 0 Å². The van der Waals surface area contributed by atoms with Crippen LogP contribution in [0.25, 0.3) is 11.5 Å². The van der Waals surface area contributed by atoms with Gasteiger partial charge in [0.1, 0.15) is 0 Å². The highest BCUT2D eigenvalue weighted by molar-refractivity contribution is 6.33. The molecule has 1 saturated heterocycles. The third kappa shape index (κ3) is 4.00. The molecule has 7 nitrogen and oxygen atoms in total. The van der Waals surface area contributed by atoms with Gasteiger partial charge in [-0.25, -0.2) is 0 Å². The standard InChI is InChI=1S/C17H22ClN5O2/c1-10(2)16(24)20-11-4-5-13(18)12(8-11)17-21-15(22-25-17)14-9-19-6-7-23(14)3/h4-5,8,10,14,19H,6-7,9H2,1-3H3,(H,20,24). The lowest BCUT2D eigenvalue weighted by atomic mass is 10.1. The Morgan fingerprint density at radius 2 is 2.28 bits per heavy atom. The number of likely N-dealkylation sites (N-methyl/N-ethyl adjacent to an activating group) is 1. The molecule has 2 aromatic rings. The Balaban J connectivity index is 1.85. The van der Waals surface area contributed by atoms with Crippen LogP contribution >= 0.6 is 11.6 Å². The lowest BCUT2D eigenvalue weighted by Crippen LogP contribution is -2.44. The van der Waals surface area contributed by atoms with Gasteiger partial charge < -0.3 is 15.2 Å². The van der Waals surface area contributed by atoms with E-state index in [0.717, 1.165) is 19.6 Å². The number of carbonyl (C=O) groups excluding carboxylic acids is 1. The highest BCUT2D eigenvalue weighted by Crippen LogP contribution is 2.31. The highest BCUT2D eigenvalue weighted by atomic mass is 35.5. The van der Waals surface area contributed by atoms with Gasteiger partial charge in [0.2, 0.25) is 5.91 Å². The van der Waals surface area contributed by atoms with E-state index in [4.69, 9.17) is 16.1 Å². The number of halogens is 1. The second kappa shape index (κ2) is 7.51. The van der Waals surface area contributed by atoms with Gasteiger partial charge >= 0.3 is 0 Å². The average Bonchev–Trinajstić information content (AvgIpc) is 3.06. The number of piperazine rings is 1. The van der Waals surface area contributed by atoms with Crippen molar-refractivity contribution in [3.05, 3.63) is 29.0 Å². The molecule has 1 amide bonds. The predicted molar refractivity (Wildman–Crippen MR) is 96.5 cm³/mol. The molecule has 0 aliphatic carbocycles. The molecule has 1 aromatic carbocycles. The summed E-state index contributed by atoms with van der Waals surface area (Å²) in [5.41, 5.74) is 1.25. The van der Waals surface area contributed by atoms with Crippen LogP contribution in [-0.2, 0) is 4.79 Å². The van der Waals surface area contributed by atoms with Gasteiger partial charge in [-0.05, 0) is 25.2 Å². The molecule has 1 aliphatic rings. The Bertz CT molecular complexity index is 761. The summed E-state index contributed by atoms with van der Waals surface area (Å²) in [6.45, 7) is 6.32. The molecule has 1 aromatic heterocycles. The Morgan fingerprint density at radius 3 is 3.00 bits per heavy atom. The van der Waals surface area contributed by atoms with Gasteiger partial charge in [-0.1, -0.05) is 30.6 Å². The molecule has 134 valence electrons. The maximum Gasteiger partial charge on any atom is 0.259 e. The molecule has 0 bridgehead atoms. The fourth-order valence-corrected chi connectivity index (χ4v) is 2.83. The first-order valence-electron chi connectivity index (χ1n) is 8.31. The average molecular weight is 364 g/mol. The van der Waals surface area contributed by atoms with Crippen LogP contribution in [-0.4, -0.2) is 47.6 Å². The molecule has 3 rings (SSSR count). The molecule has 8 heteroatoms. The van der Waals surface area contributed by atoms with E-state index < -0.39 is 0 Å². The SMILES string of the molecule is CC(C)C(=O)Nc1ccc(Cl)c(-c2nc(C3CNCCN3C)no2)c1. The summed E-state index contributed by atoms with van der Waals surface area (Å²) in [5, 5.41) is 10.8. The number of benzene rings is 1. The van der Waals surface area contributed by atoms with Crippen molar-refractivity contribution in [3.8, 4) is 11.5 Å². The molecule has 25 heavy (non-hydrogen) atoms. The van der Waals surface area contributed by atoms with E-state index >= 15 is 0 Å². The minimum atomic E-state index is -0.108. The van der Waals surface area contributed by atoms with Gasteiger partial charge in [-0.2, -0.15) is 4.98 Å². The number of hydrogen-bond donors (Lipinski definition) is 2. The summed E-state index contributed by atoms with van der Waals surface area (Å²) in [5.74, 6) is 0.801. The van der Waals surface area contributed by atoms with E-state index in [2.05, 4.69) is 25.7 Å². The van der Waals surface area contributed by atoms with Crippen LogP contribution in [0.1, 0.15) is 25.7 Å². The lowest BCUT2D eigenvalue weighted by molar-refractivity contribution is -0.118. The van der Waals surface area contributed by atoms with Gasteiger partial charge in [0.25, 0.3) is 5.89 Å². The maximum atomic E-state index is 11.9. The van der Waals surface area contributed by atoms with Gasteiger partial charge in [0, 0.05) is 31.2 Å². The molecule has 1 unspecified atom stereocenters. The van der Waals surface area contributed by atoms with Crippen LogP contribution in [0.15, 0.2) is 22.7 Å². The minimum Gasteiger partial charge on any atom is -0.334 e. The molecule has 0 saturated carbocycles. The summed E-state index contributed by atoms with van der Waals surface area (Å²) in [6.07, 6.45) is 0. The number of amides is 1. The van der Waals surface area contributed by atoms with Crippen molar-refractivity contribution in [1.29, 1.82) is 0 Å². The number of anilines is 1. The van der Waals surface area contributed by atoms with E-state index in [1.165, 1.54) is 0 Å². The van der Waals surface area contributed by atoms with Crippen molar-refractivity contribution in [1.82, 2.24) is 20.4 Å². The molecule has 1 fully saturated rings. The molecule has 1 aliphatic heterocycles. The monoisotopic (exact) mass is 363 g/mol. The van der Waals surface area contributed by atoms with Crippen LogP contribution in [0.5, 0.6) is 0 Å². The van der Waals surface area contributed by atoms with Crippen molar-refractivity contribution < 1.29 is 9.32 Å². The van der Waals surface area contributed by atoms with Crippen molar-refractivity contribution in [2.45, 2.75) is 19.9 Å². The van der Waals surface area contributed by atoms with Crippen LogP contribution in [0, 0.1) is 5.92 Å². The Hall–Kier alpha value is -1.96. The van der Waals surface area contributed by atoms with Gasteiger partial charge in [0.15, 0.2) is 5.82 Å². The summed E-state index contributed by atoms with van der Waals surface area (Å²) in [6, 6.07) is 5.28. The number of carbonyl (C=O) groups is 1. The molecule has 0 spiro atoms. The number of hydrogen-bond acceptors (Lipinski definition) is 6. The predicted octanol–water partition coefficient (Wildman–Crippen LogP) is 2.56. The summed E-state index contributed by atoms with van der Waals surface area (Å²) in [4.78, 5) is 18.6. The fourth-order valence-electron chi connectivity index (χ4n) is 2.63. The topological polar surface area (TPSA) is 83.3 Å². The normalized spacial score (nSPS) is 18.5. The van der Waals surface area contributed by atoms with E-state index in [1.807, 2.05) is 20.9 Å². The second-order valence-corrected chi connectivity index (χ2v) is 6.90. The van der Waals surface area contributed by atoms with E-state index in [0.29, 0.717) is 28.0 Å². The number of rotatable bonds is 4. The Labute approximate surface area is 151 Å². The summed E-state index contributed by atoms with van der Waals surface area (Å²) in [7, 11) is 2.04. The molecule has 2 N–H and O–H groups in total. The van der Waals surface area contributed by atoms with Gasteiger partial charge in [-0.3, -0.25) is 9.69 Å². The van der Waals surface area contributed by atoms with Crippen molar-refractivity contribution in [3.63, 3.8) is 0 Å². The van der Waals surface area contributed by atoms with Crippen LogP contribution < -0.4 is 10.6 Å². The van der Waals surface area contributed by atoms with E-state index in [-0.39, 0.29) is 17.9 Å². The van der Waals surface area contributed by atoms with Crippen molar-refractivity contribution >= 4 is 23.2 Å². The van der Waals surface area contributed by atoms with E-state index in [9.17, 15) is 4.79 Å². The zero-order valence-corrected chi connectivity index (χ0v) is 15.3. The number of nitrogens with one attached hydrogen (secondary N) is 2. The molecule has 2 heterocycles. The molecular weight excluding hydrogens is 342 g/mol. The van der Waals surface area contributed by atoms with Crippen molar-refractivity contribution in [2.75, 3.05) is 32.0 Å². The largest absolute Gasteiger partial charge is 0.334 e. The summed E-state index contributed by atoms with van der Waals surface area (Å²) < 4.78 is 5.43. The molecule has 1 atom stereocenters. The highest BCUT2D eigenvalue weighted by Gasteiger charge is 2.26.